The van der Waals surface area contributed by atoms with Gasteiger partial charge in [0.2, 0.25) is 5.91 Å². The summed E-state index contributed by atoms with van der Waals surface area (Å²) < 4.78 is 10.6. The maximum Gasteiger partial charge on any atom is 0.241 e. The predicted octanol–water partition coefficient (Wildman–Crippen LogP) is 2.13. The molecule has 1 unspecified atom stereocenters. The summed E-state index contributed by atoms with van der Waals surface area (Å²) in [7, 11) is 5.50. The highest BCUT2D eigenvalue weighted by Crippen LogP contribution is 2.27. The van der Waals surface area contributed by atoms with Crippen molar-refractivity contribution in [1.82, 2.24) is 14.7 Å². The lowest BCUT2D eigenvalue weighted by Gasteiger charge is -2.37. The normalized spacial score (nSPS) is 24.0. The third kappa shape index (κ3) is 5.02. The first-order valence-corrected chi connectivity index (χ1v) is 9.69. The van der Waals surface area contributed by atoms with Crippen LogP contribution in [0.1, 0.15) is 19.3 Å². The van der Waals surface area contributed by atoms with Crippen molar-refractivity contribution < 1.29 is 14.3 Å². The number of nitrogens with zero attached hydrogens (tertiary/aromatic N) is 3. The van der Waals surface area contributed by atoms with E-state index in [1.807, 2.05) is 23.1 Å². The Morgan fingerprint density at radius 2 is 1.93 bits per heavy atom. The van der Waals surface area contributed by atoms with E-state index in [9.17, 15) is 4.79 Å². The van der Waals surface area contributed by atoms with Crippen LogP contribution < -0.4 is 0 Å². The maximum atomic E-state index is 13.3. The third-order valence-corrected chi connectivity index (χ3v) is 5.49. The Morgan fingerprint density at radius 1 is 1.15 bits per heavy atom. The van der Waals surface area contributed by atoms with Crippen molar-refractivity contribution >= 4 is 5.91 Å². The average molecular weight is 373 g/mol. The molecule has 27 heavy (non-hydrogen) atoms. The van der Waals surface area contributed by atoms with Gasteiger partial charge in [0.05, 0.1) is 32.6 Å². The first-order valence-electron chi connectivity index (χ1n) is 9.69. The van der Waals surface area contributed by atoms with Gasteiger partial charge >= 0.3 is 0 Å². The number of carbonyl (C=O) groups excluding carboxylic acids is 1. The van der Waals surface area contributed by atoms with Crippen molar-refractivity contribution in [2.24, 2.45) is 0 Å². The number of allylic oxidation sites excluding steroid dienone is 5. The van der Waals surface area contributed by atoms with Crippen LogP contribution in [-0.4, -0.2) is 80.6 Å². The summed E-state index contributed by atoms with van der Waals surface area (Å²) in [6, 6.07) is 0.0348. The van der Waals surface area contributed by atoms with E-state index in [1.54, 1.807) is 14.2 Å². The monoisotopic (exact) mass is 373 g/mol. The zero-order valence-corrected chi connectivity index (χ0v) is 16.7. The SMILES string of the molecule is COC1=CCC(N(C(=O)CN2CCN(C)CC2)C2=CC=C(OC)CC2)C=C1. The molecule has 0 saturated carbocycles. The molecule has 148 valence electrons. The van der Waals surface area contributed by atoms with E-state index in [0.29, 0.717) is 6.54 Å². The Bertz CT molecular complexity index is 658. The average Bonchev–Trinajstić information content (AvgIpc) is 2.71. The van der Waals surface area contributed by atoms with Gasteiger partial charge < -0.3 is 19.3 Å². The molecule has 1 amide bonds. The topological polar surface area (TPSA) is 45.2 Å². The number of ether oxygens (including phenoxy) is 2. The van der Waals surface area contributed by atoms with Gasteiger partial charge in [-0.1, -0.05) is 6.08 Å². The van der Waals surface area contributed by atoms with Gasteiger partial charge in [-0.25, -0.2) is 0 Å². The molecule has 6 nitrogen and oxygen atoms in total. The molecule has 0 aromatic heterocycles. The van der Waals surface area contributed by atoms with Crippen LogP contribution in [0.2, 0.25) is 0 Å². The molecular formula is C21H31N3O3. The number of likely N-dealkylation sites (N-methyl/N-ethyl adjacent to an activating group) is 1. The Kier molecular flexibility index (Phi) is 6.74. The highest BCUT2D eigenvalue weighted by molar-refractivity contribution is 5.81. The lowest BCUT2D eigenvalue weighted by atomic mass is 10.0. The van der Waals surface area contributed by atoms with E-state index >= 15 is 0 Å². The minimum Gasteiger partial charge on any atom is -0.501 e. The summed E-state index contributed by atoms with van der Waals surface area (Å²) in [5, 5.41) is 0. The first kappa shape index (κ1) is 19.7. The number of methoxy groups -OCH3 is 2. The van der Waals surface area contributed by atoms with Crippen LogP contribution in [0, 0.1) is 0 Å². The van der Waals surface area contributed by atoms with Crippen molar-refractivity contribution in [3.05, 3.63) is 47.6 Å². The van der Waals surface area contributed by atoms with Gasteiger partial charge in [0.25, 0.3) is 0 Å². The lowest BCUT2D eigenvalue weighted by molar-refractivity contribution is -0.132. The van der Waals surface area contributed by atoms with E-state index in [-0.39, 0.29) is 11.9 Å². The summed E-state index contributed by atoms with van der Waals surface area (Å²) in [5.74, 6) is 1.99. The van der Waals surface area contributed by atoms with Crippen molar-refractivity contribution in [3.8, 4) is 0 Å². The molecule has 6 heteroatoms. The van der Waals surface area contributed by atoms with E-state index in [2.05, 4.69) is 29.0 Å². The molecule has 1 saturated heterocycles. The van der Waals surface area contributed by atoms with Crippen LogP contribution in [0.25, 0.3) is 0 Å². The van der Waals surface area contributed by atoms with E-state index in [0.717, 1.165) is 62.7 Å². The van der Waals surface area contributed by atoms with Crippen LogP contribution >= 0.6 is 0 Å². The number of hydrogen-bond acceptors (Lipinski definition) is 5. The minimum atomic E-state index is 0.0348. The van der Waals surface area contributed by atoms with Crippen molar-refractivity contribution in [3.63, 3.8) is 0 Å². The third-order valence-electron chi connectivity index (χ3n) is 5.49. The molecule has 0 aromatic carbocycles. The number of rotatable bonds is 6. The van der Waals surface area contributed by atoms with E-state index < -0.39 is 0 Å². The quantitative estimate of drug-likeness (QED) is 0.714. The first-order chi connectivity index (χ1) is 13.1. The van der Waals surface area contributed by atoms with Crippen LogP contribution in [0.3, 0.4) is 0 Å². The fourth-order valence-corrected chi connectivity index (χ4v) is 3.74. The molecule has 0 aromatic rings. The summed E-state index contributed by atoms with van der Waals surface area (Å²) in [6.45, 7) is 4.38. The van der Waals surface area contributed by atoms with Crippen molar-refractivity contribution in [2.75, 3.05) is 54.0 Å². The molecule has 1 fully saturated rings. The zero-order valence-electron chi connectivity index (χ0n) is 16.7. The molecule has 2 aliphatic carbocycles. The Balaban J connectivity index is 1.74. The molecule has 1 aliphatic heterocycles. The highest BCUT2D eigenvalue weighted by Gasteiger charge is 2.29. The summed E-state index contributed by atoms with van der Waals surface area (Å²) >= 11 is 0. The second-order valence-electron chi connectivity index (χ2n) is 7.31. The Morgan fingerprint density at radius 3 is 2.48 bits per heavy atom. The molecule has 3 aliphatic rings. The van der Waals surface area contributed by atoms with E-state index in [1.165, 1.54) is 0 Å². The van der Waals surface area contributed by atoms with Gasteiger partial charge in [-0.2, -0.15) is 0 Å². The molecule has 0 spiro atoms. The standard InChI is InChI=1S/C21H31N3O3/c1-22-12-14-23(15-13-22)16-21(25)24(17-4-8-19(26-2)9-5-17)18-6-10-20(27-3)11-7-18/h4,6,8-10,17H,5,7,11-16H2,1-3H3. The summed E-state index contributed by atoms with van der Waals surface area (Å²) in [5.41, 5.74) is 1.07. The summed E-state index contributed by atoms with van der Waals surface area (Å²) in [4.78, 5) is 19.8. The molecule has 0 bridgehead atoms. The van der Waals surface area contributed by atoms with Crippen molar-refractivity contribution in [1.29, 1.82) is 0 Å². The van der Waals surface area contributed by atoms with Gasteiger partial charge in [0, 0.05) is 38.3 Å². The Labute approximate surface area is 162 Å². The molecule has 1 atom stereocenters. The van der Waals surface area contributed by atoms with Gasteiger partial charge in [0.1, 0.15) is 5.76 Å². The van der Waals surface area contributed by atoms with E-state index in [4.69, 9.17) is 9.47 Å². The zero-order chi connectivity index (χ0) is 19.2. The van der Waals surface area contributed by atoms with Crippen molar-refractivity contribution in [2.45, 2.75) is 25.3 Å². The molecule has 3 rings (SSSR count). The summed E-state index contributed by atoms with van der Waals surface area (Å²) in [6.07, 6.45) is 12.5. The number of amides is 1. The fraction of sp³-hybridized carbons (Fsp3) is 0.571. The molecular weight excluding hydrogens is 342 g/mol. The second kappa shape index (κ2) is 9.24. The lowest BCUT2D eigenvalue weighted by Crippen LogP contribution is -2.50. The molecule has 0 radical (unpaired) electrons. The second-order valence-corrected chi connectivity index (χ2v) is 7.31. The van der Waals surface area contributed by atoms with Crippen LogP contribution in [0.4, 0.5) is 0 Å². The maximum absolute atomic E-state index is 13.3. The smallest absolute Gasteiger partial charge is 0.241 e. The Hall–Kier alpha value is -2.05. The van der Waals surface area contributed by atoms with Gasteiger partial charge in [0.15, 0.2) is 0 Å². The predicted molar refractivity (Wildman–Crippen MR) is 106 cm³/mol. The molecule has 0 N–H and O–H groups in total. The largest absolute Gasteiger partial charge is 0.501 e. The number of piperazine rings is 1. The van der Waals surface area contributed by atoms with Gasteiger partial charge in [-0.15, -0.1) is 0 Å². The minimum absolute atomic E-state index is 0.0348. The van der Waals surface area contributed by atoms with Crippen LogP contribution in [0.5, 0.6) is 0 Å². The van der Waals surface area contributed by atoms with Crippen LogP contribution in [0.15, 0.2) is 47.6 Å². The molecule has 1 heterocycles. The number of carbonyl (C=O) groups is 1. The highest BCUT2D eigenvalue weighted by atomic mass is 16.5. The number of hydrogen-bond donors (Lipinski definition) is 0. The van der Waals surface area contributed by atoms with Gasteiger partial charge in [-0.3, -0.25) is 9.69 Å². The van der Waals surface area contributed by atoms with Gasteiger partial charge in [-0.05, 0) is 44.2 Å². The van der Waals surface area contributed by atoms with Crippen LogP contribution in [-0.2, 0) is 14.3 Å². The fourth-order valence-electron chi connectivity index (χ4n) is 3.74.